The molecular weight excluding hydrogens is 234 g/mol. The van der Waals surface area contributed by atoms with Crippen molar-refractivity contribution in [2.24, 2.45) is 0 Å². The standard InChI is InChI=1S/C8H5Cl3O2/c9-5-1-4(2-6(10)3-5)7(11)8(12)13/h1-3,7H,(H,12,13). The molecule has 0 saturated heterocycles. The summed E-state index contributed by atoms with van der Waals surface area (Å²) < 4.78 is 0. The van der Waals surface area contributed by atoms with Gasteiger partial charge in [0.25, 0.3) is 0 Å². The molecule has 0 aliphatic carbocycles. The van der Waals surface area contributed by atoms with Crippen LogP contribution in [0.2, 0.25) is 10.0 Å². The van der Waals surface area contributed by atoms with Crippen molar-refractivity contribution < 1.29 is 9.90 Å². The van der Waals surface area contributed by atoms with E-state index in [2.05, 4.69) is 0 Å². The second kappa shape index (κ2) is 4.18. The minimum atomic E-state index is -1.12. The van der Waals surface area contributed by atoms with Gasteiger partial charge in [0.05, 0.1) is 0 Å². The first kappa shape index (κ1) is 10.6. The van der Waals surface area contributed by atoms with Crippen LogP contribution in [0.1, 0.15) is 10.9 Å². The van der Waals surface area contributed by atoms with Crippen molar-refractivity contribution >= 4 is 40.8 Å². The van der Waals surface area contributed by atoms with E-state index in [1.54, 1.807) is 0 Å². The Morgan fingerprint density at radius 1 is 1.23 bits per heavy atom. The molecule has 1 aromatic carbocycles. The van der Waals surface area contributed by atoms with Crippen molar-refractivity contribution in [3.05, 3.63) is 33.8 Å². The molecule has 0 spiro atoms. The van der Waals surface area contributed by atoms with Gasteiger partial charge in [-0.2, -0.15) is 0 Å². The smallest absolute Gasteiger partial charge is 0.326 e. The molecule has 70 valence electrons. The molecule has 0 bridgehead atoms. The van der Waals surface area contributed by atoms with Gasteiger partial charge in [-0.05, 0) is 23.8 Å². The molecule has 2 nitrogen and oxygen atoms in total. The van der Waals surface area contributed by atoms with Crippen LogP contribution in [0.5, 0.6) is 0 Å². The van der Waals surface area contributed by atoms with Crippen LogP contribution in [-0.4, -0.2) is 11.1 Å². The average Bonchev–Trinajstić information content (AvgIpc) is 2.01. The minimum Gasteiger partial charge on any atom is -0.480 e. The molecule has 0 aliphatic heterocycles. The van der Waals surface area contributed by atoms with Crippen LogP contribution in [-0.2, 0) is 4.79 Å². The summed E-state index contributed by atoms with van der Waals surface area (Å²) >= 11 is 16.9. The van der Waals surface area contributed by atoms with Crippen LogP contribution < -0.4 is 0 Å². The fraction of sp³-hybridized carbons (Fsp3) is 0.125. The lowest BCUT2D eigenvalue weighted by molar-refractivity contribution is -0.136. The highest BCUT2D eigenvalue weighted by Crippen LogP contribution is 2.27. The minimum absolute atomic E-state index is 0.370. The Morgan fingerprint density at radius 3 is 2.08 bits per heavy atom. The van der Waals surface area contributed by atoms with E-state index in [1.165, 1.54) is 18.2 Å². The molecule has 1 N–H and O–H groups in total. The van der Waals surface area contributed by atoms with Gasteiger partial charge in [0, 0.05) is 10.0 Å². The number of hydrogen-bond donors (Lipinski definition) is 1. The number of halogens is 3. The van der Waals surface area contributed by atoms with Gasteiger partial charge in [0.1, 0.15) is 0 Å². The molecule has 0 fully saturated rings. The Morgan fingerprint density at radius 2 is 1.69 bits per heavy atom. The maximum atomic E-state index is 10.5. The highest BCUT2D eigenvalue weighted by molar-refractivity contribution is 6.35. The highest BCUT2D eigenvalue weighted by atomic mass is 35.5. The van der Waals surface area contributed by atoms with E-state index in [4.69, 9.17) is 39.9 Å². The molecule has 1 unspecified atom stereocenters. The Kier molecular flexibility index (Phi) is 3.42. The van der Waals surface area contributed by atoms with E-state index in [0.717, 1.165) is 0 Å². The summed E-state index contributed by atoms with van der Waals surface area (Å²) in [7, 11) is 0. The Balaban J connectivity index is 3.07. The predicted molar refractivity (Wildman–Crippen MR) is 52.7 cm³/mol. The van der Waals surface area contributed by atoms with Crippen molar-refractivity contribution in [2.75, 3.05) is 0 Å². The first-order valence-corrected chi connectivity index (χ1v) is 4.53. The maximum absolute atomic E-state index is 10.5. The van der Waals surface area contributed by atoms with E-state index in [1.807, 2.05) is 0 Å². The summed E-state index contributed by atoms with van der Waals surface area (Å²) in [6.45, 7) is 0. The predicted octanol–water partition coefficient (Wildman–Crippen LogP) is 3.36. The van der Waals surface area contributed by atoms with Crippen molar-refractivity contribution in [3.8, 4) is 0 Å². The molecule has 1 rings (SSSR count). The monoisotopic (exact) mass is 238 g/mol. The summed E-state index contributed by atoms with van der Waals surface area (Å²) in [5, 5.41) is 8.22. The number of benzene rings is 1. The highest BCUT2D eigenvalue weighted by Gasteiger charge is 2.16. The van der Waals surface area contributed by atoms with Gasteiger partial charge in [-0.15, -0.1) is 11.6 Å². The molecule has 0 aromatic heterocycles. The fourth-order valence-electron chi connectivity index (χ4n) is 0.864. The van der Waals surface area contributed by atoms with Crippen LogP contribution >= 0.6 is 34.8 Å². The zero-order valence-electron chi connectivity index (χ0n) is 6.30. The second-order valence-corrected chi connectivity index (χ2v) is 3.71. The summed E-state index contributed by atoms with van der Waals surface area (Å²) in [6.07, 6.45) is 0. The number of hydrogen-bond acceptors (Lipinski definition) is 1. The van der Waals surface area contributed by atoms with Crippen LogP contribution in [0.15, 0.2) is 18.2 Å². The molecule has 1 atom stereocenters. The average molecular weight is 239 g/mol. The summed E-state index contributed by atoms with van der Waals surface area (Å²) in [5.74, 6) is -1.12. The lowest BCUT2D eigenvalue weighted by atomic mass is 10.1. The first-order valence-electron chi connectivity index (χ1n) is 3.33. The van der Waals surface area contributed by atoms with Crippen LogP contribution in [0.25, 0.3) is 0 Å². The SMILES string of the molecule is O=C(O)C(Cl)c1cc(Cl)cc(Cl)c1. The van der Waals surface area contributed by atoms with Crippen molar-refractivity contribution in [3.63, 3.8) is 0 Å². The third-order valence-electron chi connectivity index (χ3n) is 1.39. The third-order valence-corrected chi connectivity index (χ3v) is 2.27. The lowest BCUT2D eigenvalue weighted by Gasteiger charge is -2.05. The largest absolute Gasteiger partial charge is 0.480 e. The van der Waals surface area contributed by atoms with E-state index in [9.17, 15) is 4.79 Å². The molecule has 13 heavy (non-hydrogen) atoms. The Labute approximate surface area is 90.0 Å². The van der Waals surface area contributed by atoms with Gasteiger partial charge in [0.2, 0.25) is 0 Å². The zero-order chi connectivity index (χ0) is 10.0. The van der Waals surface area contributed by atoms with Crippen molar-refractivity contribution in [2.45, 2.75) is 5.38 Å². The maximum Gasteiger partial charge on any atom is 0.326 e. The van der Waals surface area contributed by atoms with E-state index < -0.39 is 11.3 Å². The van der Waals surface area contributed by atoms with Crippen molar-refractivity contribution in [1.29, 1.82) is 0 Å². The molecule has 0 amide bonds. The molecule has 0 heterocycles. The van der Waals surface area contributed by atoms with Gasteiger partial charge in [-0.25, -0.2) is 0 Å². The Bertz CT molecular complexity index is 318. The lowest BCUT2D eigenvalue weighted by Crippen LogP contribution is -2.04. The topological polar surface area (TPSA) is 37.3 Å². The van der Waals surface area contributed by atoms with Crippen LogP contribution in [0, 0.1) is 0 Å². The summed E-state index contributed by atoms with van der Waals surface area (Å²) in [5.41, 5.74) is 0.381. The zero-order valence-corrected chi connectivity index (χ0v) is 8.57. The van der Waals surface area contributed by atoms with Gasteiger partial charge < -0.3 is 5.11 Å². The van der Waals surface area contributed by atoms with E-state index >= 15 is 0 Å². The fourth-order valence-corrected chi connectivity index (χ4v) is 1.53. The van der Waals surface area contributed by atoms with Gasteiger partial charge >= 0.3 is 5.97 Å². The first-order chi connectivity index (χ1) is 6.00. The molecule has 0 saturated carbocycles. The third kappa shape index (κ3) is 2.76. The normalized spacial score (nSPS) is 12.5. The number of carboxylic acids is 1. The van der Waals surface area contributed by atoms with Gasteiger partial charge in [-0.3, -0.25) is 4.79 Å². The second-order valence-electron chi connectivity index (χ2n) is 2.40. The van der Waals surface area contributed by atoms with E-state index in [0.29, 0.717) is 15.6 Å². The molecule has 1 aromatic rings. The molecule has 0 radical (unpaired) electrons. The quantitative estimate of drug-likeness (QED) is 0.804. The number of alkyl halides is 1. The number of aliphatic carboxylic acids is 1. The van der Waals surface area contributed by atoms with E-state index in [-0.39, 0.29) is 0 Å². The number of carboxylic acid groups (broad SMARTS) is 1. The number of rotatable bonds is 2. The summed E-state index contributed by atoms with van der Waals surface area (Å²) in [6, 6.07) is 4.45. The number of carbonyl (C=O) groups is 1. The molecule has 0 aliphatic rings. The van der Waals surface area contributed by atoms with Crippen molar-refractivity contribution in [1.82, 2.24) is 0 Å². The van der Waals surface area contributed by atoms with Crippen LogP contribution in [0.4, 0.5) is 0 Å². The van der Waals surface area contributed by atoms with Gasteiger partial charge in [0.15, 0.2) is 5.38 Å². The van der Waals surface area contributed by atoms with Gasteiger partial charge in [-0.1, -0.05) is 23.2 Å². The van der Waals surface area contributed by atoms with Crippen LogP contribution in [0.3, 0.4) is 0 Å². The molecular formula is C8H5Cl3O2. The summed E-state index contributed by atoms with van der Waals surface area (Å²) in [4.78, 5) is 10.5. The Hall–Kier alpha value is -0.440. The molecule has 5 heteroatoms.